The molecule has 0 aliphatic heterocycles. The third-order valence-electron chi connectivity index (χ3n) is 3.57. The van der Waals surface area contributed by atoms with Crippen LogP contribution in [0.25, 0.3) is 11.3 Å². The number of non-ortho nitro benzene ring substituents is 1. The molecule has 0 spiro atoms. The molecule has 0 fully saturated rings. The largest absolute Gasteiger partial charge is 0.326 e. The number of nitro groups is 1. The zero-order valence-electron chi connectivity index (χ0n) is 13.8. The molecule has 6 nitrogen and oxygen atoms in total. The first kappa shape index (κ1) is 19.6. The van der Waals surface area contributed by atoms with Gasteiger partial charge in [0.2, 0.25) is 5.91 Å². The van der Waals surface area contributed by atoms with E-state index >= 15 is 0 Å². The molecule has 8 heteroatoms. The van der Waals surface area contributed by atoms with Crippen molar-refractivity contribution in [1.29, 1.82) is 0 Å². The number of benzene rings is 2. The maximum atomic E-state index is 12.1. The molecule has 0 aliphatic carbocycles. The third kappa shape index (κ3) is 4.87. The van der Waals surface area contributed by atoms with Crippen molar-refractivity contribution in [3.8, 4) is 11.3 Å². The molecule has 3 rings (SSSR count). The number of anilines is 1. The molecule has 134 valence electrons. The highest BCUT2D eigenvalue weighted by Crippen LogP contribution is 2.24. The number of nitro benzene ring substituents is 1. The van der Waals surface area contributed by atoms with Gasteiger partial charge in [-0.2, -0.15) is 0 Å². The maximum Gasteiger partial charge on any atom is 0.269 e. The van der Waals surface area contributed by atoms with Crippen LogP contribution >= 0.6 is 23.7 Å². The monoisotopic (exact) mass is 389 g/mol. The van der Waals surface area contributed by atoms with Crippen molar-refractivity contribution < 1.29 is 9.72 Å². The van der Waals surface area contributed by atoms with E-state index in [0.29, 0.717) is 10.7 Å². The number of aryl methyl sites for hydroxylation is 1. The van der Waals surface area contributed by atoms with Gasteiger partial charge in [0.15, 0.2) is 0 Å². The summed E-state index contributed by atoms with van der Waals surface area (Å²) in [5, 5.41) is 16.1. The second-order valence-corrected chi connectivity index (χ2v) is 6.46. The van der Waals surface area contributed by atoms with Gasteiger partial charge in [0.05, 0.1) is 17.0 Å². The number of thiazole rings is 1. The minimum atomic E-state index is -0.439. The quantitative estimate of drug-likeness (QED) is 0.509. The van der Waals surface area contributed by atoms with Crippen molar-refractivity contribution in [2.45, 2.75) is 13.3 Å². The lowest BCUT2D eigenvalue weighted by molar-refractivity contribution is -0.384. The van der Waals surface area contributed by atoms with E-state index < -0.39 is 4.92 Å². The van der Waals surface area contributed by atoms with E-state index in [1.165, 1.54) is 23.5 Å². The number of nitrogens with zero attached hydrogens (tertiary/aromatic N) is 2. The summed E-state index contributed by atoms with van der Waals surface area (Å²) in [5.41, 5.74) is 3.41. The summed E-state index contributed by atoms with van der Waals surface area (Å²) in [7, 11) is 0. The number of halogens is 1. The maximum absolute atomic E-state index is 12.1. The molecule has 1 aromatic heterocycles. The topological polar surface area (TPSA) is 85.1 Å². The third-order valence-corrected chi connectivity index (χ3v) is 4.42. The minimum Gasteiger partial charge on any atom is -0.326 e. The van der Waals surface area contributed by atoms with Gasteiger partial charge in [-0.1, -0.05) is 17.7 Å². The molecular weight excluding hydrogens is 374 g/mol. The molecule has 0 atom stereocenters. The van der Waals surface area contributed by atoms with E-state index in [4.69, 9.17) is 0 Å². The molecule has 1 amide bonds. The van der Waals surface area contributed by atoms with Crippen LogP contribution in [-0.4, -0.2) is 15.8 Å². The van der Waals surface area contributed by atoms with Crippen LogP contribution in [0.2, 0.25) is 0 Å². The van der Waals surface area contributed by atoms with Gasteiger partial charge >= 0.3 is 0 Å². The predicted molar refractivity (Wildman–Crippen MR) is 105 cm³/mol. The summed E-state index contributed by atoms with van der Waals surface area (Å²) in [4.78, 5) is 26.8. The highest BCUT2D eigenvalue weighted by molar-refractivity contribution is 7.10. The summed E-state index contributed by atoms with van der Waals surface area (Å²) in [6.07, 6.45) is 0.186. The Kier molecular flexibility index (Phi) is 6.43. The standard InChI is InChI=1S/C18H15N3O3S.ClH/c1-12-2-6-14(7-3-12)19-17(22)10-18-20-16(11-25-18)13-4-8-15(9-5-13)21(23)24;/h2-9,11H,10H2,1H3,(H,19,22);1H. The molecule has 1 heterocycles. The lowest BCUT2D eigenvalue weighted by Crippen LogP contribution is -2.14. The molecule has 3 aromatic rings. The fourth-order valence-electron chi connectivity index (χ4n) is 2.26. The highest BCUT2D eigenvalue weighted by Gasteiger charge is 2.11. The molecule has 2 aromatic carbocycles. The van der Waals surface area contributed by atoms with Crippen molar-refractivity contribution in [3.63, 3.8) is 0 Å². The van der Waals surface area contributed by atoms with E-state index in [0.717, 1.165) is 16.8 Å². The molecule has 0 aliphatic rings. The van der Waals surface area contributed by atoms with Gasteiger partial charge < -0.3 is 5.32 Å². The molecular formula is C18H16ClN3O3S. The number of amides is 1. The van der Waals surface area contributed by atoms with Gasteiger partial charge in [-0.3, -0.25) is 14.9 Å². The molecule has 0 radical (unpaired) electrons. The first-order valence-electron chi connectivity index (χ1n) is 7.57. The molecule has 0 saturated carbocycles. The number of carbonyl (C=O) groups excluding carboxylic acids is 1. The number of aromatic nitrogens is 1. The van der Waals surface area contributed by atoms with E-state index in [1.807, 2.05) is 36.6 Å². The smallest absolute Gasteiger partial charge is 0.269 e. The van der Waals surface area contributed by atoms with E-state index in [1.54, 1.807) is 12.1 Å². The van der Waals surface area contributed by atoms with Gasteiger partial charge in [-0.25, -0.2) is 4.98 Å². The fraction of sp³-hybridized carbons (Fsp3) is 0.111. The Morgan fingerprint density at radius 1 is 1.15 bits per heavy atom. The first-order valence-corrected chi connectivity index (χ1v) is 8.45. The zero-order valence-corrected chi connectivity index (χ0v) is 15.5. The molecule has 0 unspecified atom stereocenters. The van der Waals surface area contributed by atoms with Crippen molar-refractivity contribution in [2.75, 3.05) is 5.32 Å². The van der Waals surface area contributed by atoms with Crippen molar-refractivity contribution in [3.05, 3.63) is 74.6 Å². The van der Waals surface area contributed by atoms with Crippen LogP contribution in [0.1, 0.15) is 10.6 Å². The van der Waals surface area contributed by atoms with Gasteiger partial charge in [-0.05, 0) is 31.2 Å². The Balaban J connectivity index is 0.00000243. The zero-order chi connectivity index (χ0) is 17.8. The lowest BCUT2D eigenvalue weighted by atomic mass is 10.1. The number of hydrogen-bond donors (Lipinski definition) is 1. The Hall–Kier alpha value is -2.77. The Morgan fingerprint density at radius 3 is 2.42 bits per heavy atom. The van der Waals surface area contributed by atoms with Crippen molar-refractivity contribution in [1.82, 2.24) is 4.98 Å². The number of rotatable bonds is 5. The summed E-state index contributed by atoms with van der Waals surface area (Å²) in [6.45, 7) is 1.99. The molecule has 0 saturated heterocycles. The van der Waals surface area contributed by atoms with Crippen LogP contribution in [0.15, 0.2) is 53.9 Å². The van der Waals surface area contributed by atoms with E-state index in [2.05, 4.69) is 10.3 Å². The Bertz CT molecular complexity index is 908. The van der Waals surface area contributed by atoms with Crippen LogP contribution in [0.3, 0.4) is 0 Å². The lowest BCUT2D eigenvalue weighted by Gasteiger charge is -2.04. The SMILES string of the molecule is Cc1ccc(NC(=O)Cc2nc(-c3ccc([N+](=O)[O-])cc3)cs2)cc1.Cl. The molecule has 26 heavy (non-hydrogen) atoms. The van der Waals surface area contributed by atoms with Gasteiger partial charge in [0, 0.05) is 28.8 Å². The van der Waals surface area contributed by atoms with Gasteiger partial charge in [0.1, 0.15) is 5.01 Å². The summed E-state index contributed by atoms with van der Waals surface area (Å²) < 4.78 is 0. The molecule has 0 bridgehead atoms. The number of hydrogen-bond acceptors (Lipinski definition) is 5. The summed E-state index contributed by atoms with van der Waals surface area (Å²) in [6, 6.07) is 13.8. The predicted octanol–water partition coefficient (Wildman–Crippen LogP) is 4.63. The summed E-state index contributed by atoms with van der Waals surface area (Å²) >= 11 is 1.39. The van der Waals surface area contributed by atoms with E-state index in [-0.39, 0.29) is 30.4 Å². The van der Waals surface area contributed by atoms with Gasteiger partial charge in [0.25, 0.3) is 5.69 Å². The Labute approximate surface area is 160 Å². The second kappa shape index (κ2) is 8.55. The average Bonchev–Trinajstić information content (AvgIpc) is 3.05. The van der Waals surface area contributed by atoms with Crippen molar-refractivity contribution in [2.24, 2.45) is 0 Å². The van der Waals surface area contributed by atoms with Crippen LogP contribution in [0.4, 0.5) is 11.4 Å². The number of nitrogens with one attached hydrogen (secondary N) is 1. The van der Waals surface area contributed by atoms with Crippen LogP contribution in [0, 0.1) is 17.0 Å². The normalized spacial score (nSPS) is 10.0. The second-order valence-electron chi connectivity index (χ2n) is 5.52. The minimum absolute atomic E-state index is 0. The Morgan fingerprint density at radius 2 is 1.81 bits per heavy atom. The van der Waals surface area contributed by atoms with E-state index in [9.17, 15) is 14.9 Å². The fourth-order valence-corrected chi connectivity index (χ4v) is 3.06. The van der Waals surface area contributed by atoms with Gasteiger partial charge in [-0.15, -0.1) is 23.7 Å². The van der Waals surface area contributed by atoms with Crippen molar-refractivity contribution >= 4 is 41.0 Å². The highest BCUT2D eigenvalue weighted by atomic mass is 35.5. The molecule has 1 N–H and O–H groups in total. The first-order chi connectivity index (χ1) is 12.0. The van der Waals surface area contributed by atoms with Crippen LogP contribution in [-0.2, 0) is 11.2 Å². The number of carbonyl (C=O) groups is 1. The van der Waals surface area contributed by atoms with Crippen LogP contribution < -0.4 is 5.32 Å². The summed E-state index contributed by atoms with van der Waals surface area (Å²) in [5.74, 6) is -0.131. The van der Waals surface area contributed by atoms with Crippen LogP contribution in [0.5, 0.6) is 0 Å². The average molecular weight is 390 g/mol.